The smallest absolute Gasteiger partial charge is 0.170 e. The monoisotopic (exact) mass is 316 g/mol. The molecule has 0 aliphatic carbocycles. The number of ketones is 1. The van der Waals surface area contributed by atoms with E-state index < -0.39 is 5.82 Å². The van der Waals surface area contributed by atoms with Gasteiger partial charge in [0.25, 0.3) is 0 Å². The number of halogens is 4. The first-order valence-corrected chi connectivity index (χ1v) is 6.53. The van der Waals surface area contributed by atoms with Crippen molar-refractivity contribution in [3.63, 3.8) is 0 Å². The molecule has 98 valence electrons. The maximum atomic E-state index is 13.6. The number of Topliss-reactive ketones (excluding diaryl/α,β-unsaturated/α-hetero) is 1. The molecule has 0 atom stereocenters. The van der Waals surface area contributed by atoms with Crippen LogP contribution < -0.4 is 0 Å². The molecule has 0 saturated heterocycles. The standard InChI is InChI=1S/C14H8Cl3FO/c15-9-2-3-10(13(18)7-9)14(19)6-8-1-4-11(16)12(17)5-8/h1-5,7H,6H2. The minimum atomic E-state index is -0.627. The van der Waals surface area contributed by atoms with E-state index in [1.807, 2.05) is 0 Å². The van der Waals surface area contributed by atoms with E-state index >= 15 is 0 Å². The summed E-state index contributed by atoms with van der Waals surface area (Å²) in [6, 6.07) is 8.84. The van der Waals surface area contributed by atoms with Gasteiger partial charge in [0.1, 0.15) is 5.82 Å². The molecule has 5 heteroatoms. The zero-order valence-corrected chi connectivity index (χ0v) is 11.9. The van der Waals surface area contributed by atoms with Gasteiger partial charge < -0.3 is 0 Å². The van der Waals surface area contributed by atoms with E-state index in [4.69, 9.17) is 34.8 Å². The molecule has 0 unspecified atom stereocenters. The van der Waals surface area contributed by atoms with Crippen molar-refractivity contribution in [3.05, 3.63) is 68.4 Å². The number of carbonyl (C=O) groups is 1. The van der Waals surface area contributed by atoms with Gasteiger partial charge >= 0.3 is 0 Å². The second kappa shape index (κ2) is 5.91. The highest BCUT2D eigenvalue weighted by molar-refractivity contribution is 6.42. The van der Waals surface area contributed by atoms with Crippen molar-refractivity contribution in [2.75, 3.05) is 0 Å². The molecule has 0 amide bonds. The van der Waals surface area contributed by atoms with Crippen molar-refractivity contribution in [2.24, 2.45) is 0 Å². The van der Waals surface area contributed by atoms with Crippen LogP contribution in [0.5, 0.6) is 0 Å². The summed E-state index contributed by atoms with van der Waals surface area (Å²) in [6.07, 6.45) is 0.0510. The molecule has 2 aromatic rings. The summed E-state index contributed by atoms with van der Waals surface area (Å²) in [7, 11) is 0. The van der Waals surface area contributed by atoms with E-state index in [0.29, 0.717) is 15.6 Å². The van der Waals surface area contributed by atoms with Crippen molar-refractivity contribution in [1.29, 1.82) is 0 Å². The van der Waals surface area contributed by atoms with Crippen LogP contribution in [-0.2, 0) is 6.42 Å². The summed E-state index contributed by atoms with van der Waals surface area (Å²) in [6.45, 7) is 0. The van der Waals surface area contributed by atoms with Crippen molar-refractivity contribution in [3.8, 4) is 0 Å². The average Bonchev–Trinajstić information content (AvgIpc) is 2.33. The number of hydrogen-bond acceptors (Lipinski definition) is 1. The van der Waals surface area contributed by atoms with Gasteiger partial charge in [-0.15, -0.1) is 0 Å². The Labute approximate surface area is 124 Å². The minimum absolute atomic E-state index is 0.00970. The van der Waals surface area contributed by atoms with Crippen LogP contribution in [0, 0.1) is 5.82 Å². The largest absolute Gasteiger partial charge is 0.294 e. The third-order valence-electron chi connectivity index (χ3n) is 2.58. The molecule has 0 fully saturated rings. The SMILES string of the molecule is O=C(Cc1ccc(Cl)c(Cl)c1)c1ccc(Cl)cc1F. The van der Waals surface area contributed by atoms with E-state index in [2.05, 4.69) is 0 Å². The predicted molar refractivity (Wildman–Crippen MR) is 75.9 cm³/mol. The molecule has 0 saturated carbocycles. The molecule has 1 nitrogen and oxygen atoms in total. The van der Waals surface area contributed by atoms with Crippen molar-refractivity contribution < 1.29 is 9.18 Å². The zero-order chi connectivity index (χ0) is 14.0. The fourth-order valence-corrected chi connectivity index (χ4v) is 2.13. The Hall–Kier alpha value is -1.09. The van der Waals surface area contributed by atoms with Gasteiger partial charge in [0.2, 0.25) is 0 Å². The van der Waals surface area contributed by atoms with Crippen LogP contribution in [0.3, 0.4) is 0 Å². The predicted octanol–water partition coefficient (Wildman–Crippen LogP) is 5.21. The van der Waals surface area contributed by atoms with Crippen LogP contribution in [0.25, 0.3) is 0 Å². The van der Waals surface area contributed by atoms with Crippen molar-refractivity contribution in [1.82, 2.24) is 0 Å². The number of hydrogen-bond donors (Lipinski definition) is 0. The fourth-order valence-electron chi connectivity index (χ4n) is 1.65. The summed E-state index contributed by atoms with van der Waals surface area (Å²) >= 11 is 17.3. The van der Waals surface area contributed by atoms with E-state index in [-0.39, 0.29) is 22.8 Å². The van der Waals surface area contributed by atoms with Gasteiger partial charge in [-0.1, -0.05) is 40.9 Å². The van der Waals surface area contributed by atoms with Gasteiger partial charge in [0, 0.05) is 11.4 Å². The Morgan fingerprint density at radius 2 is 1.74 bits per heavy atom. The lowest BCUT2D eigenvalue weighted by Crippen LogP contribution is -2.06. The first kappa shape index (κ1) is 14.3. The fraction of sp³-hybridized carbons (Fsp3) is 0.0714. The molecule has 19 heavy (non-hydrogen) atoms. The highest BCUT2D eigenvalue weighted by Gasteiger charge is 2.13. The first-order valence-electron chi connectivity index (χ1n) is 5.39. The highest BCUT2D eigenvalue weighted by Crippen LogP contribution is 2.24. The molecular formula is C14H8Cl3FO. The summed E-state index contributed by atoms with van der Waals surface area (Å²) in [5.41, 5.74) is 0.684. The second-order valence-electron chi connectivity index (χ2n) is 3.97. The van der Waals surface area contributed by atoms with E-state index in [1.54, 1.807) is 18.2 Å². The van der Waals surface area contributed by atoms with E-state index in [1.165, 1.54) is 12.1 Å². The van der Waals surface area contributed by atoms with Crippen LogP contribution in [0.2, 0.25) is 15.1 Å². The Morgan fingerprint density at radius 3 is 2.37 bits per heavy atom. The second-order valence-corrected chi connectivity index (χ2v) is 5.22. The molecule has 0 aliphatic heterocycles. The Morgan fingerprint density at radius 1 is 1.00 bits per heavy atom. The molecule has 2 rings (SSSR count). The molecule has 0 aliphatic rings. The van der Waals surface area contributed by atoms with Crippen molar-refractivity contribution >= 4 is 40.6 Å². The summed E-state index contributed by atoms with van der Waals surface area (Å²) < 4.78 is 13.6. The summed E-state index contributed by atoms with van der Waals surface area (Å²) in [5.74, 6) is -0.967. The number of benzene rings is 2. The van der Waals surface area contributed by atoms with Gasteiger partial charge in [0.05, 0.1) is 15.6 Å². The van der Waals surface area contributed by atoms with E-state index in [9.17, 15) is 9.18 Å². The van der Waals surface area contributed by atoms with Gasteiger partial charge in [-0.05, 0) is 35.9 Å². The first-order chi connectivity index (χ1) is 8.97. The third kappa shape index (κ3) is 3.47. The van der Waals surface area contributed by atoms with Gasteiger partial charge in [-0.3, -0.25) is 4.79 Å². The van der Waals surface area contributed by atoms with Crippen LogP contribution in [0.1, 0.15) is 15.9 Å². The van der Waals surface area contributed by atoms with Crippen LogP contribution in [0.15, 0.2) is 36.4 Å². The van der Waals surface area contributed by atoms with E-state index in [0.717, 1.165) is 6.07 Å². The highest BCUT2D eigenvalue weighted by atomic mass is 35.5. The van der Waals surface area contributed by atoms with Gasteiger partial charge in [-0.2, -0.15) is 0 Å². The summed E-state index contributed by atoms with van der Waals surface area (Å²) in [5, 5.41) is 1.03. The molecular weight excluding hydrogens is 310 g/mol. The molecule has 0 N–H and O–H groups in total. The maximum Gasteiger partial charge on any atom is 0.170 e. The van der Waals surface area contributed by atoms with Crippen molar-refractivity contribution in [2.45, 2.75) is 6.42 Å². The molecule has 0 radical (unpaired) electrons. The lowest BCUT2D eigenvalue weighted by molar-refractivity contribution is 0.0989. The Balaban J connectivity index is 2.23. The molecule has 2 aromatic carbocycles. The molecule has 0 heterocycles. The average molecular weight is 318 g/mol. The molecule has 0 bridgehead atoms. The zero-order valence-electron chi connectivity index (χ0n) is 9.59. The topological polar surface area (TPSA) is 17.1 Å². The lowest BCUT2D eigenvalue weighted by Gasteiger charge is -2.04. The van der Waals surface area contributed by atoms with Crippen LogP contribution in [-0.4, -0.2) is 5.78 Å². The third-order valence-corrected chi connectivity index (χ3v) is 3.55. The molecule has 0 aromatic heterocycles. The number of rotatable bonds is 3. The molecule has 0 spiro atoms. The number of carbonyl (C=O) groups excluding carboxylic acids is 1. The van der Waals surface area contributed by atoms with Gasteiger partial charge in [-0.25, -0.2) is 4.39 Å². The quantitative estimate of drug-likeness (QED) is 0.710. The lowest BCUT2D eigenvalue weighted by atomic mass is 10.0. The Kier molecular flexibility index (Phi) is 4.46. The normalized spacial score (nSPS) is 10.5. The van der Waals surface area contributed by atoms with Crippen LogP contribution >= 0.6 is 34.8 Å². The van der Waals surface area contributed by atoms with Crippen LogP contribution in [0.4, 0.5) is 4.39 Å². The minimum Gasteiger partial charge on any atom is -0.294 e. The van der Waals surface area contributed by atoms with Gasteiger partial charge in [0.15, 0.2) is 5.78 Å². The maximum absolute atomic E-state index is 13.6. The summed E-state index contributed by atoms with van der Waals surface area (Å²) in [4.78, 5) is 12.0. The Bertz CT molecular complexity index is 641.